The fourth-order valence-electron chi connectivity index (χ4n) is 1.96. The topological polar surface area (TPSA) is 3.24 Å². The Balaban J connectivity index is 3.48. The molecule has 0 aliphatic heterocycles. The molecule has 92 valence electrons. The number of alkyl halides is 1. The van der Waals surface area contributed by atoms with E-state index < -0.39 is 0 Å². The molecule has 0 aromatic rings. The number of hydrogen-bond acceptors (Lipinski definition) is 1. The quantitative estimate of drug-likeness (QED) is 0.402. The zero-order chi connectivity index (χ0) is 11.5. The third-order valence-electron chi connectivity index (χ3n) is 3.04. The number of halogens is 1. The van der Waals surface area contributed by atoms with Crippen LogP contribution in [0.2, 0.25) is 0 Å². The van der Waals surface area contributed by atoms with Crippen molar-refractivity contribution in [3.8, 4) is 0 Å². The van der Waals surface area contributed by atoms with Crippen LogP contribution in [0.1, 0.15) is 58.3 Å². The second-order valence-electron chi connectivity index (χ2n) is 4.65. The van der Waals surface area contributed by atoms with Crippen molar-refractivity contribution >= 4 is 11.6 Å². The van der Waals surface area contributed by atoms with Gasteiger partial charge in [-0.25, -0.2) is 0 Å². The first-order chi connectivity index (χ1) is 7.22. The Morgan fingerprint density at radius 2 is 1.53 bits per heavy atom. The van der Waals surface area contributed by atoms with E-state index in [1.165, 1.54) is 44.9 Å². The van der Waals surface area contributed by atoms with Gasteiger partial charge in [0.2, 0.25) is 0 Å². The van der Waals surface area contributed by atoms with Crippen molar-refractivity contribution in [2.24, 2.45) is 0 Å². The van der Waals surface area contributed by atoms with E-state index in [-0.39, 0.29) is 0 Å². The lowest BCUT2D eigenvalue weighted by Crippen LogP contribution is -2.27. The van der Waals surface area contributed by atoms with Crippen LogP contribution >= 0.6 is 11.6 Å². The first-order valence-corrected chi connectivity index (χ1v) is 6.98. The summed E-state index contributed by atoms with van der Waals surface area (Å²) >= 11 is 5.73. The molecular formula is C13H28ClN. The molecule has 0 aromatic carbocycles. The molecule has 0 aromatic heterocycles. The Hall–Kier alpha value is 0.250. The molecule has 15 heavy (non-hydrogen) atoms. The molecule has 0 fully saturated rings. The lowest BCUT2D eigenvalue weighted by Gasteiger charge is -2.24. The van der Waals surface area contributed by atoms with Crippen LogP contribution in [0.15, 0.2) is 0 Å². The summed E-state index contributed by atoms with van der Waals surface area (Å²) in [5.41, 5.74) is 0. The molecule has 0 bridgehead atoms. The third-order valence-corrected chi connectivity index (χ3v) is 3.31. The molecule has 0 heterocycles. The summed E-state index contributed by atoms with van der Waals surface area (Å²) in [6, 6.07) is 0.741. The molecule has 0 saturated carbocycles. The van der Waals surface area contributed by atoms with Gasteiger partial charge in [-0.1, -0.05) is 39.0 Å². The average molecular weight is 234 g/mol. The van der Waals surface area contributed by atoms with Crippen LogP contribution in [0.25, 0.3) is 0 Å². The zero-order valence-corrected chi connectivity index (χ0v) is 11.5. The molecule has 0 aliphatic carbocycles. The minimum Gasteiger partial charge on any atom is -0.306 e. The van der Waals surface area contributed by atoms with E-state index in [9.17, 15) is 0 Å². The van der Waals surface area contributed by atoms with Crippen molar-refractivity contribution in [3.05, 3.63) is 0 Å². The van der Waals surface area contributed by atoms with Gasteiger partial charge in [0.25, 0.3) is 0 Å². The van der Waals surface area contributed by atoms with Gasteiger partial charge < -0.3 is 4.90 Å². The SMILES string of the molecule is CCCCCCCC(CCCCl)N(C)C. The van der Waals surface area contributed by atoms with E-state index in [0.29, 0.717) is 0 Å². The smallest absolute Gasteiger partial charge is 0.0224 e. The third kappa shape index (κ3) is 9.19. The van der Waals surface area contributed by atoms with E-state index in [2.05, 4.69) is 25.9 Å². The molecular weight excluding hydrogens is 206 g/mol. The van der Waals surface area contributed by atoms with Gasteiger partial charge in [-0.15, -0.1) is 11.6 Å². The van der Waals surface area contributed by atoms with Crippen LogP contribution < -0.4 is 0 Å². The highest BCUT2D eigenvalue weighted by atomic mass is 35.5. The van der Waals surface area contributed by atoms with Gasteiger partial charge in [0, 0.05) is 11.9 Å². The second kappa shape index (κ2) is 10.8. The number of hydrogen-bond donors (Lipinski definition) is 0. The first kappa shape index (κ1) is 15.2. The monoisotopic (exact) mass is 233 g/mol. The van der Waals surface area contributed by atoms with E-state index in [0.717, 1.165) is 18.3 Å². The van der Waals surface area contributed by atoms with Crippen LogP contribution in [0.5, 0.6) is 0 Å². The van der Waals surface area contributed by atoms with E-state index in [1.54, 1.807) is 0 Å². The summed E-state index contributed by atoms with van der Waals surface area (Å²) in [6.45, 7) is 2.27. The molecule has 1 unspecified atom stereocenters. The van der Waals surface area contributed by atoms with Gasteiger partial charge >= 0.3 is 0 Å². The summed E-state index contributed by atoms with van der Waals surface area (Å²) in [5.74, 6) is 0.806. The van der Waals surface area contributed by atoms with E-state index in [4.69, 9.17) is 11.6 Å². The molecule has 1 atom stereocenters. The molecule has 0 spiro atoms. The maximum atomic E-state index is 5.73. The molecule has 0 radical (unpaired) electrons. The molecule has 0 N–H and O–H groups in total. The molecule has 0 saturated heterocycles. The van der Waals surface area contributed by atoms with Crippen molar-refractivity contribution in [1.82, 2.24) is 4.90 Å². The van der Waals surface area contributed by atoms with Crippen molar-refractivity contribution in [3.63, 3.8) is 0 Å². The molecule has 0 amide bonds. The van der Waals surface area contributed by atoms with Gasteiger partial charge in [-0.05, 0) is 33.4 Å². The van der Waals surface area contributed by atoms with Gasteiger partial charge in [0.05, 0.1) is 0 Å². The molecule has 0 rings (SSSR count). The highest BCUT2D eigenvalue weighted by Crippen LogP contribution is 2.14. The van der Waals surface area contributed by atoms with Gasteiger partial charge in [-0.2, -0.15) is 0 Å². The highest BCUT2D eigenvalue weighted by molar-refractivity contribution is 6.17. The van der Waals surface area contributed by atoms with Crippen molar-refractivity contribution in [2.75, 3.05) is 20.0 Å². The Bertz CT molecular complexity index is 126. The average Bonchev–Trinajstić information content (AvgIpc) is 2.21. The Labute approximate surface area is 101 Å². The Morgan fingerprint density at radius 3 is 2.07 bits per heavy atom. The predicted molar refractivity (Wildman–Crippen MR) is 70.8 cm³/mol. The van der Waals surface area contributed by atoms with Crippen molar-refractivity contribution in [1.29, 1.82) is 0 Å². The minimum atomic E-state index is 0.741. The van der Waals surface area contributed by atoms with Crippen LogP contribution in [-0.4, -0.2) is 30.9 Å². The van der Waals surface area contributed by atoms with Gasteiger partial charge in [-0.3, -0.25) is 0 Å². The maximum Gasteiger partial charge on any atom is 0.0224 e. The van der Waals surface area contributed by atoms with Gasteiger partial charge in [0.1, 0.15) is 0 Å². The maximum absolute atomic E-state index is 5.73. The second-order valence-corrected chi connectivity index (χ2v) is 5.03. The number of rotatable bonds is 10. The normalized spacial score (nSPS) is 13.4. The van der Waals surface area contributed by atoms with Crippen LogP contribution in [-0.2, 0) is 0 Å². The summed E-state index contributed by atoms with van der Waals surface area (Å²) in [7, 11) is 4.37. The van der Waals surface area contributed by atoms with Gasteiger partial charge in [0.15, 0.2) is 0 Å². The van der Waals surface area contributed by atoms with Crippen molar-refractivity contribution < 1.29 is 0 Å². The fraction of sp³-hybridized carbons (Fsp3) is 1.00. The minimum absolute atomic E-state index is 0.741. The predicted octanol–water partition coefficient (Wildman–Crippen LogP) is 4.30. The highest BCUT2D eigenvalue weighted by Gasteiger charge is 2.09. The largest absolute Gasteiger partial charge is 0.306 e. The van der Waals surface area contributed by atoms with Crippen LogP contribution in [0, 0.1) is 0 Å². The standard InChI is InChI=1S/C13H28ClN/c1-4-5-6-7-8-10-13(15(2)3)11-9-12-14/h13H,4-12H2,1-3H3. The molecule has 2 heteroatoms. The Morgan fingerprint density at radius 1 is 0.933 bits per heavy atom. The van der Waals surface area contributed by atoms with Crippen molar-refractivity contribution in [2.45, 2.75) is 64.3 Å². The Kier molecular flexibility index (Phi) is 10.9. The van der Waals surface area contributed by atoms with Crippen LogP contribution in [0.3, 0.4) is 0 Å². The summed E-state index contributed by atoms with van der Waals surface area (Å²) in [5, 5.41) is 0. The summed E-state index contributed by atoms with van der Waals surface area (Å²) < 4.78 is 0. The number of nitrogens with zero attached hydrogens (tertiary/aromatic N) is 1. The van der Waals surface area contributed by atoms with E-state index >= 15 is 0 Å². The lowest BCUT2D eigenvalue weighted by atomic mass is 10.0. The zero-order valence-electron chi connectivity index (χ0n) is 10.8. The summed E-state index contributed by atoms with van der Waals surface area (Å²) in [6.07, 6.45) is 10.7. The summed E-state index contributed by atoms with van der Waals surface area (Å²) in [4.78, 5) is 2.35. The van der Waals surface area contributed by atoms with E-state index in [1.807, 2.05) is 0 Å². The lowest BCUT2D eigenvalue weighted by molar-refractivity contribution is 0.256. The molecule has 1 nitrogen and oxygen atoms in total. The number of unbranched alkanes of at least 4 members (excludes halogenated alkanes) is 4. The van der Waals surface area contributed by atoms with Crippen LogP contribution in [0.4, 0.5) is 0 Å². The first-order valence-electron chi connectivity index (χ1n) is 6.44. The fourth-order valence-corrected chi connectivity index (χ4v) is 2.11. The molecule has 0 aliphatic rings.